The van der Waals surface area contributed by atoms with Gasteiger partial charge in [-0.15, -0.1) is 0 Å². The molecule has 0 N–H and O–H groups in total. The van der Waals surface area contributed by atoms with Crippen LogP contribution in [0.25, 0.3) is 6.08 Å². The molecule has 1 fully saturated rings. The molecule has 0 unspecified atom stereocenters. The van der Waals surface area contributed by atoms with E-state index in [0.717, 1.165) is 10.7 Å². The third-order valence-electron chi connectivity index (χ3n) is 4.45. The minimum atomic E-state index is -0.197. The average molecular weight is 367 g/mol. The number of amidine groups is 1. The standard InChI is InChI=1S/C20H18FN3OS/c21-16-8-4-5-9-17(16)23-10-12-24(13-11-23)20-22-19(25)18(26-20)14-15-6-2-1-3-7-15/h1-9,14H,10-13H2. The first kappa shape index (κ1) is 16.8. The molecule has 0 saturated carbocycles. The Morgan fingerprint density at radius 1 is 0.923 bits per heavy atom. The predicted molar refractivity (Wildman–Crippen MR) is 105 cm³/mol. The molecule has 2 aliphatic heterocycles. The lowest BCUT2D eigenvalue weighted by molar-refractivity contribution is -0.113. The Balaban J connectivity index is 1.41. The fraction of sp³-hybridized carbons (Fsp3) is 0.200. The zero-order valence-corrected chi connectivity index (χ0v) is 15.0. The van der Waals surface area contributed by atoms with Crippen molar-refractivity contribution in [2.75, 3.05) is 31.1 Å². The predicted octanol–water partition coefficient (Wildman–Crippen LogP) is 3.62. The Labute approximate surface area is 156 Å². The minimum Gasteiger partial charge on any atom is -0.366 e. The van der Waals surface area contributed by atoms with E-state index in [1.807, 2.05) is 47.4 Å². The molecule has 2 heterocycles. The van der Waals surface area contributed by atoms with Gasteiger partial charge in [-0.25, -0.2) is 4.39 Å². The number of aliphatic imine (C=N–C) groups is 1. The Kier molecular flexibility index (Phi) is 4.75. The summed E-state index contributed by atoms with van der Waals surface area (Å²) < 4.78 is 13.9. The number of carbonyl (C=O) groups excluding carboxylic acids is 1. The molecule has 26 heavy (non-hydrogen) atoms. The lowest BCUT2D eigenvalue weighted by Crippen LogP contribution is -2.48. The number of carbonyl (C=O) groups is 1. The molecule has 132 valence electrons. The average Bonchev–Trinajstić information content (AvgIpc) is 3.04. The van der Waals surface area contributed by atoms with Crippen LogP contribution in [0.15, 0.2) is 64.5 Å². The smallest absolute Gasteiger partial charge is 0.286 e. The van der Waals surface area contributed by atoms with Crippen LogP contribution in [0.4, 0.5) is 10.1 Å². The van der Waals surface area contributed by atoms with Crippen LogP contribution in [-0.2, 0) is 4.79 Å². The van der Waals surface area contributed by atoms with Gasteiger partial charge in [0.2, 0.25) is 0 Å². The second kappa shape index (κ2) is 7.33. The molecular formula is C20H18FN3OS. The van der Waals surface area contributed by atoms with E-state index >= 15 is 0 Å². The number of hydrogen-bond donors (Lipinski definition) is 0. The molecule has 1 saturated heterocycles. The highest BCUT2D eigenvalue weighted by Gasteiger charge is 2.28. The van der Waals surface area contributed by atoms with Crippen molar-refractivity contribution in [1.82, 2.24) is 4.90 Å². The van der Waals surface area contributed by atoms with Crippen molar-refractivity contribution in [3.63, 3.8) is 0 Å². The van der Waals surface area contributed by atoms with Crippen LogP contribution < -0.4 is 4.90 Å². The highest BCUT2D eigenvalue weighted by atomic mass is 32.2. The molecule has 0 spiro atoms. The molecule has 0 radical (unpaired) electrons. The van der Waals surface area contributed by atoms with Gasteiger partial charge in [0, 0.05) is 26.2 Å². The van der Waals surface area contributed by atoms with Gasteiger partial charge < -0.3 is 9.80 Å². The first-order valence-corrected chi connectivity index (χ1v) is 9.34. The van der Waals surface area contributed by atoms with E-state index in [9.17, 15) is 9.18 Å². The molecule has 4 rings (SSSR count). The number of hydrogen-bond acceptors (Lipinski definition) is 4. The maximum absolute atomic E-state index is 13.9. The number of amides is 1. The SMILES string of the molecule is O=C1N=C(N2CCN(c3ccccc3F)CC2)SC1=Cc1ccccc1. The second-order valence-corrected chi connectivity index (χ2v) is 7.16. The number of rotatable bonds is 2. The molecule has 1 amide bonds. The van der Waals surface area contributed by atoms with Crippen molar-refractivity contribution >= 4 is 34.6 Å². The van der Waals surface area contributed by atoms with Gasteiger partial charge in [-0.05, 0) is 35.5 Å². The number of para-hydroxylation sites is 1. The Hall–Kier alpha value is -2.60. The minimum absolute atomic E-state index is 0.189. The Morgan fingerprint density at radius 3 is 2.31 bits per heavy atom. The summed E-state index contributed by atoms with van der Waals surface area (Å²) in [6.45, 7) is 2.83. The van der Waals surface area contributed by atoms with Gasteiger partial charge in [0.1, 0.15) is 5.82 Å². The molecule has 0 aliphatic carbocycles. The monoisotopic (exact) mass is 367 g/mol. The van der Waals surface area contributed by atoms with Crippen molar-refractivity contribution in [2.45, 2.75) is 0 Å². The van der Waals surface area contributed by atoms with Crippen molar-refractivity contribution in [3.8, 4) is 0 Å². The van der Waals surface area contributed by atoms with Crippen LogP contribution in [0.5, 0.6) is 0 Å². The van der Waals surface area contributed by atoms with Gasteiger partial charge >= 0.3 is 0 Å². The van der Waals surface area contributed by atoms with Gasteiger partial charge in [0.15, 0.2) is 5.17 Å². The number of halogens is 1. The third kappa shape index (κ3) is 3.51. The molecule has 2 aromatic carbocycles. The van der Waals surface area contributed by atoms with E-state index in [-0.39, 0.29) is 11.7 Å². The summed E-state index contributed by atoms with van der Waals surface area (Å²) in [6.07, 6.45) is 1.87. The van der Waals surface area contributed by atoms with Crippen molar-refractivity contribution in [3.05, 3.63) is 70.9 Å². The van der Waals surface area contributed by atoms with Gasteiger partial charge in [0.25, 0.3) is 5.91 Å². The van der Waals surface area contributed by atoms with Gasteiger partial charge in [-0.1, -0.05) is 42.5 Å². The van der Waals surface area contributed by atoms with Crippen LogP contribution >= 0.6 is 11.8 Å². The maximum Gasteiger partial charge on any atom is 0.286 e. The largest absolute Gasteiger partial charge is 0.366 e. The molecule has 6 heteroatoms. The first-order valence-electron chi connectivity index (χ1n) is 8.53. The topological polar surface area (TPSA) is 35.9 Å². The number of anilines is 1. The highest BCUT2D eigenvalue weighted by molar-refractivity contribution is 8.18. The quantitative estimate of drug-likeness (QED) is 0.760. The van der Waals surface area contributed by atoms with Crippen molar-refractivity contribution < 1.29 is 9.18 Å². The van der Waals surface area contributed by atoms with Crippen molar-refractivity contribution in [2.24, 2.45) is 4.99 Å². The molecule has 2 aliphatic rings. The molecule has 0 aromatic heterocycles. The number of nitrogens with zero attached hydrogens (tertiary/aromatic N) is 3. The number of piperazine rings is 1. The molecule has 4 nitrogen and oxygen atoms in total. The zero-order chi connectivity index (χ0) is 17.9. The first-order chi connectivity index (χ1) is 12.7. The van der Waals surface area contributed by atoms with Crippen LogP contribution in [-0.4, -0.2) is 42.2 Å². The van der Waals surface area contributed by atoms with Crippen LogP contribution in [0.1, 0.15) is 5.56 Å². The maximum atomic E-state index is 13.9. The summed E-state index contributed by atoms with van der Waals surface area (Å²) in [6, 6.07) is 16.6. The Morgan fingerprint density at radius 2 is 1.58 bits per heavy atom. The summed E-state index contributed by atoms with van der Waals surface area (Å²) in [4.78, 5) is 21.2. The zero-order valence-electron chi connectivity index (χ0n) is 14.1. The number of benzene rings is 2. The van der Waals surface area contributed by atoms with Crippen LogP contribution in [0.2, 0.25) is 0 Å². The van der Waals surface area contributed by atoms with Crippen LogP contribution in [0.3, 0.4) is 0 Å². The third-order valence-corrected chi connectivity index (χ3v) is 5.49. The van der Waals surface area contributed by atoms with Gasteiger partial charge in [-0.2, -0.15) is 4.99 Å². The Bertz CT molecular complexity index is 874. The highest BCUT2D eigenvalue weighted by Crippen LogP contribution is 2.31. The number of thioether (sulfide) groups is 1. The fourth-order valence-corrected chi connectivity index (χ4v) is 4.05. The summed E-state index contributed by atoms with van der Waals surface area (Å²) in [5.74, 6) is -0.387. The van der Waals surface area contributed by atoms with E-state index in [0.29, 0.717) is 36.8 Å². The normalized spacial score (nSPS) is 19.2. The van der Waals surface area contributed by atoms with Crippen molar-refractivity contribution in [1.29, 1.82) is 0 Å². The van der Waals surface area contributed by atoms with Crippen LogP contribution in [0, 0.1) is 5.82 Å². The summed E-state index contributed by atoms with van der Waals surface area (Å²) in [5, 5.41) is 0.741. The van der Waals surface area contributed by atoms with E-state index in [1.54, 1.807) is 12.1 Å². The molecular weight excluding hydrogens is 349 g/mol. The van der Waals surface area contributed by atoms with E-state index < -0.39 is 0 Å². The van der Waals surface area contributed by atoms with E-state index in [4.69, 9.17) is 0 Å². The lowest BCUT2D eigenvalue weighted by atomic mass is 10.2. The summed E-state index contributed by atoms with van der Waals surface area (Å²) in [5.41, 5.74) is 1.62. The van der Waals surface area contributed by atoms with E-state index in [2.05, 4.69) is 9.89 Å². The van der Waals surface area contributed by atoms with Gasteiger partial charge in [-0.3, -0.25) is 4.79 Å². The molecule has 2 aromatic rings. The molecule has 0 atom stereocenters. The second-order valence-electron chi connectivity index (χ2n) is 6.15. The van der Waals surface area contributed by atoms with E-state index in [1.165, 1.54) is 17.8 Å². The molecule has 0 bridgehead atoms. The summed E-state index contributed by atoms with van der Waals surface area (Å²) in [7, 11) is 0. The lowest BCUT2D eigenvalue weighted by Gasteiger charge is -2.36. The fourth-order valence-electron chi connectivity index (χ4n) is 3.08. The summed E-state index contributed by atoms with van der Waals surface area (Å²) >= 11 is 1.42. The van der Waals surface area contributed by atoms with Gasteiger partial charge in [0.05, 0.1) is 10.6 Å².